The molecule has 6 nitrogen and oxygen atoms in total. The zero-order chi connectivity index (χ0) is 20.4. The normalized spacial score (nSPS) is 19.8. The lowest BCUT2D eigenvalue weighted by molar-refractivity contribution is -0.139. The number of urea groups is 1. The van der Waals surface area contributed by atoms with Crippen molar-refractivity contribution in [2.75, 3.05) is 6.54 Å². The quantitative estimate of drug-likeness (QED) is 0.738. The van der Waals surface area contributed by atoms with Crippen LogP contribution in [0.15, 0.2) is 60.7 Å². The molecule has 4 amide bonds. The molecule has 0 radical (unpaired) electrons. The summed E-state index contributed by atoms with van der Waals surface area (Å²) in [4.78, 5) is 41.3. The van der Waals surface area contributed by atoms with E-state index in [1.54, 1.807) is 12.1 Å². The second kappa shape index (κ2) is 8.07. The Morgan fingerprint density at radius 3 is 2.31 bits per heavy atom. The fraction of sp³-hybridized carbons (Fsp3) is 0.348. The second-order valence-corrected chi connectivity index (χ2v) is 7.80. The van der Waals surface area contributed by atoms with E-state index in [0.29, 0.717) is 18.0 Å². The van der Waals surface area contributed by atoms with Crippen molar-refractivity contribution in [2.45, 2.75) is 38.4 Å². The number of carbonyl (C=O) groups excluding carboxylic acids is 3. The summed E-state index contributed by atoms with van der Waals surface area (Å²) in [6.07, 6.45) is 2.22. The summed E-state index contributed by atoms with van der Waals surface area (Å²) in [7, 11) is 0. The highest BCUT2D eigenvalue weighted by Crippen LogP contribution is 2.36. The maximum atomic E-state index is 13.2. The molecule has 2 aromatic rings. The average Bonchev–Trinajstić information content (AvgIpc) is 3.56. The highest BCUT2D eigenvalue weighted by atomic mass is 16.2. The molecule has 2 aliphatic rings. The summed E-state index contributed by atoms with van der Waals surface area (Å²) < 4.78 is 0. The van der Waals surface area contributed by atoms with Gasteiger partial charge in [0.1, 0.15) is 12.6 Å². The number of nitrogens with zero attached hydrogens (tertiary/aromatic N) is 2. The lowest BCUT2D eigenvalue weighted by atomic mass is 10.1. The summed E-state index contributed by atoms with van der Waals surface area (Å²) in [6.45, 7) is 2.29. The van der Waals surface area contributed by atoms with E-state index in [2.05, 4.69) is 12.2 Å². The molecule has 1 unspecified atom stereocenters. The van der Waals surface area contributed by atoms with Crippen LogP contribution < -0.4 is 5.32 Å². The molecule has 4 rings (SSSR count). The van der Waals surface area contributed by atoms with Crippen LogP contribution in [0.3, 0.4) is 0 Å². The fourth-order valence-electron chi connectivity index (χ4n) is 3.84. The zero-order valence-corrected chi connectivity index (χ0v) is 16.5. The topological polar surface area (TPSA) is 69.7 Å². The van der Waals surface area contributed by atoms with Crippen LogP contribution in [0.5, 0.6) is 0 Å². The van der Waals surface area contributed by atoms with Crippen LogP contribution >= 0.6 is 0 Å². The molecule has 1 N–H and O–H groups in total. The van der Waals surface area contributed by atoms with Gasteiger partial charge in [0.25, 0.3) is 5.91 Å². The molecule has 2 aromatic carbocycles. The minimum atomic E-state index is -0.736. The SMILES string of the molecule is C[C@@H](C1CC1)N(Cc1ccccc1)C(=O)CN1C(=O)NC(c2ccccc2)C1=O. The molecule has 150 valence electrons. The zero-order valence-electron chi connectivity index (χ0n) is 16.5. The standard InChI is InChI=1S/C23H25N3O3/c1-16(18-12-13-18)25(14-17-8-4-2-5-9-17)20(27)15-26-22(28)21(24-23(26)29)19-10-6-3-7-11-19/h2-11,16,18,21H,12-15H2,1H3,(H,24,29)/t16-,21?/m0/s1. The average molecular weight is 391 g/mol. The number of hydrogen-bond acceptors (Lipinski definition) is 3. The monoisotopic (exact) mass is 391 g/mol. The highest BCUT2D eigenvalue weighted by Gasteiger charge is 2.41. The van der Waals surface area contributed by atoms with Crippen LogP contribution in [-0.2, 0) is 16.1 Å². The number of imide groups is 1. The maximum absolute atomic E-state index is 13.2. The minimum Gasteiger partial charge on any atom is -0.334 e. The van der Waals surface area contributed by atoms with Crippen molar-refractivity contribution in [3.63, 3.8) is 0 Å². The Labute approximate surface area is 170 Å². The predicted octanol–water partition coefficient (Wildman–Crippen LogP) is 3.11. The molecule has 2 atom stereocenters. The molecule has 2 fully saturated rings. The summed E-state index contributed by atoms with van der Waals surface area (Å²) in [5.74, 6) is -0.0958. The van der Waals surface area contributed by atoms with Crippen LogP contribution in [0.2, 0.25) is 0 Å². The molecule has 1 heterocycles. The van der Waals surface area contributed by atoms with E-state index in [1.807, 2.05) is 53.4 Å². The molecule has 1 aliphatic heterocycles. The van der Waals surface area contributed by atoms with E-state index in [9.17, 15) is 14.4 Å². The third-order valence-corrected chi connectivity index (χ3v) is 5.76. The van der Waals surface area contributed by atoms with E-state index >= 15 is 0 Å². The van der Waals surface area contributed by atoms with Crippen LogP contribution in [0, 0.1) is 5.92 Å². The lowest BCUT2D eigenvalue weighted by Gasteiger charge is -2.30. The van der Waals surface area contributed by atoms with Crippen LogP contribution in [0.1, 0.15) is 36.9 Å². The van der Waals surface area contributed by atoms with Gasteiger partial charge in [-0.05, 0) is 36.8 Å². The van der Waals surface area contributed by atoms with Gasteiger partial charge in [0.05, 0.1) is 0 Å². The third-order valence-electron chi connectivity index (χ3n) is 5.76. The molecule has 0 spiro atoms. The molecule has 6 heteroatoms. The largest absolute Gasteiger partial charge is 0.334 e. The number of amides is 4. The van der Waals surface area contributed by atoms with Gasteiger partial charge < -0.3 is 10.2 Å². The summed E-state index contributed by atoms with van der Waals surface area (Å²) >= 11 is 0. The molecule has 1 saturated carbocycles. The van der Waals surface area contributed by atoms with E-state index in [4.69, 9.17) is 0 Å². The first-order valence-corrected chi connectivity index (χ1v) is 10.0. The van der Waals surface area contributed by atoms with Gasteiger partial charge in [0.15, 0.2) is 0 Å². The van der Waals surface area contributed by atoms with Gasteiger partial charge in [-0.3, -0.25) is 14.5 Å². The number of benzene rings is 2. The van der Waals surface area contributed by atoms with Gasteiger partial charge in [0.2, 0.25) is 5.91 Å². The van der Waals surface area contributed by atoms with Gasteiger partial charge >= 0.3 is 6.03 Å². The van der Waals surface area contributed by atoms with E-state index in [0.717, 1.165) is 23.3 Å². The van der Waals surface area contributed by atoms with Gasteiger partial charge in [-0.2, -0.15) is 0 Å². The molecule has 1 aliphatic carbocycles. The minimum absolute atomic E-state index is 0.0772. The van der Waals surface area contributed by atoms with E-state index in [1.165, 1.54) is 0 Å². The predicted molar refractivity (Wildman–Crippen MR) is 109 cm³/mol. The Kier molecular flexibility index (Phi) is 5.34. The summed E-state index contributed by atoms with van der Waals surface area (Å²) in [5.41, 5.74) is 1.75. The highest BCUT2D eigenvalue weighted by molar-refractivity contribution is 6.06. The Morgan fingerprint density at radius 2 is 1.69 bits per heavy atom. The smallest absolute Gasteiger partial charge is 0.325 e. The first-order valence-electron chi connectivity index (χ1n) is 10.0. The second-order valence-electron chi connectivity index (χ2n) is 7.80. The molecule has 1 saturated heterocycles. The first-order chi connectivity index (χ1) is 14.0. The Hall–Kier alpha value is -3.15. The van der Waals surface area contributed by atoms with Gasteiger partial charge in [-0.1, -0.05) is 60.7 Å². The lowest BCUT2D eigenvalue weighted by Crippen LogP contribution is -2.46. The molecular formula is C23H25N3O3. The van der Waals surface area contributed by atoms with Crippen molar-refractivity contribution < 1.29 is 14.4 Å². The van der Waals surface area contributed by atoms with Gasteiger partial charge in [-0.25, -0.2) is 4.79 Å². The van der Waals surface area contributed by atoms with Crippen molar-refractivity contribution in [2.24, 2.45) is 5.92 Å². The Bertz CT molecular complexity index is 896. The van der Waals surface area contributed by atoms with Crippen LogP contribution in [-0.4, -0.2) is 40.2 Å². The number of carbonyl (C=O) groups is 3. The maximum Gasteiger partial charge on any atom is 0.325 e. The van der Waals surface area contributed by atoms with Gasteiger partial charge in [0, 0.05) is 12.6 Å². The summed E-state index contributed by atoms with van der Waals surface area (Å²) in [6, 6.07) is 17.7. The molecule has 0 aromatic heterocycles. The van der Waals surface area contributed by atoms with Crippen molar-refractivity contribution in [3.05, 3.63) is 71.8 Å². The van der Waals surface area contributed by atoms with Crippen molar-refractivity contribution in [3.8, 4) is 0 Å². The van der Waals surface area contributed by atoms with Crippen molar-refractivity contribution in [1.29, 1.82) is 0 Å². The summed E-state index contributed by atoms with van der Waals surface area (Å²) in [5, 5.41) is 2.70. The van der Waals surface area contributed by atoms with Gasteiger partial charge in [-0.15, -0.1) is 0 Å². The van der Waals surface area contributed by atoms with Crippen molar-refractivity contribution >= 4 is 17.8 Å². The van der Waals surface area contributed by atoms with E-state index < -0.39 is 12.1 Å². The Balaban J connectivity index is 1.49. The Morgan fingerprint density at radius 1 is 1.07 bits per heavy atom. The molecule has 29 heavy (non-hydrogen) atoms. The van der Waals surface area contributed by atoms with Crippen LogP contribution in [0.4, 0.5) is 4.79 Å². The van der Waals surface area contributed by atoms with Crippen LogP contribution in [0.25, 0.3) is 0 Å². The molecule has 0 bridgehead atoms. The number of nitrogens with one attached hydrogen (secondary N) is 1. The van der Waals surface area contributed by atoms with E-state index in [-0.39, 0.29) is 24.4 Å². The number of rotatable bonds is 7. The molecular weight excluding hydrogens is 366 g/mol. The third kappa shape index (κ3) is 4.16. The van der Waals surface area contributed by atoms with Crippen molar-refractivity contribution in [1.82, 2.24) is 15.1 Å². The fourth-order valence-corrected chi connectivity index (χ4v) is 3.84. The number of hydrogen-bond donors (Lipinski definition) is 1. The first kappa shape index (κ1) is 19.2.